The van der Waals surface area contributed by atoms with Crippen LogP contribution in [0.3, 0.4) is 0 Å². The van der Waals surface area contributed by atoms with Crippen molar-refractivity contribution in [1.82, 2.24) is 9.78 Å². The Kier molecular flexibility index (Phi) is 4.27. The van der Waals surface area contributed by atoms with Gasteiger partial charge in [0.05, 0.1) is 16.4 Å². The minimum absolute atomic E-state index is 0.272. The molecule has 0 aliphatic heterocycles. The first kappa shape index (κ1) is 14.1. The lowest BCUT2D eigenvalue weighted by Gasteiger charge is -2.18. The van der Waals surface area contributed by atoms with Crippen molar-refractivity contribution >= 4 is 11.6 Å². The standard InChI is InChI=1S/C15H20ClN3/c1-10-6-4-5-7-13(10)12(9-17)8-14-15(16)11(2)18-19(14)3/h4-7,12H,8-9,17H2,1-3H3. The Morgan fingerprint density at radius 2 is 2.00 bits per heavy atom. The number of rotatable bonds is 4. The predicted octanol–water partition coefficient (Wildman–Crippen LogP) is 2.98. The van der Waals surface area contributed by atoms with Gasteiger partial charge in [0.15, 0.2) is 0 Å². The van der Waals surface area contributed by atoms with E-state index in [0.717, 1.165) is 22.8 Å². The molecule has 1 heterocycles. The molecule has 19 heavy (non-hydrogen) atoms. The number of nitrogens with zero attached hydrogens (tertiary/aromatic N) is 2. The van der Waals surface area contributed by atoms with Crippen LogP contribution in [0.5, 0.6) is 0 Å². The summed E-state index contributed by atoms with van der Waals surface area (Å²) in [5, 5.41) is 5.12. The molecule has 1 aromatic heterocycles. The predicted molar refractivity (Wildman–Crippen MR) is 79.6 cm³/mol. The Balaban J connectivity index is 2.32. The van der Waals surface area contributed by atoms with Crippen molar-refractivity contribution < 1.29 is 0 Å². The second-order valence-electron chi connectivity index (χ2n) is 4.96. The fourth-order valence-corrected chi connectivity index (χ4v) is 2.74. The number of nitrogens with two attached hydrogens (primary N) is 1. The van der Waals surface area contributed by atoms with Crippen molar-refractivity contribution in [2.75, 3.05) is 6.54 Å². The maximum Gasteiger partial charge on any atom is 0.0847 e. The summed E-state index contributed by atoms with van der Waals surface area (Å²) in [5.41, 5.74) is 10.4. The molecule has 0 radical (unpaired) electrons. The Hall–Kier alpha value is -1.32. The molecule has 2 rings (SSSR count). The summed E-state index contributed by atoms with van der Waals surface area (Å²) < 4.78 is 1.86. The van der Waals surface area contributed by atoms with Crippen LogP contribution < -0.4 is 5.73 Å². The van der Waals surface area contributed by atoms with Crippen molar-refractivity contribution in [2.24, 2.45) is 12.8 Å². The summed E-state index contributed by atoms with van der Waals surface area (Å²) in [6.45, 7) is 4.65. The average Bonchev–Trinajstić information content (AvgIpc) is 2.63. The molecule has 1 aromatic carbocycles. The third kappa shape index (κ3) is 2.82. The monoisotopic (exact) mass is 277 g/mol. The zero-order valence-corrected chi connectivity index (χ0v) is 12.4. The SMILES string of the molecule is Cc1ccccc1C(CN)Cc1c(Cl)c(C)nn1C. The van der Waals surface area contributed by atoms with E-state index in [1.165, 1.54) is 11.1 Å². The molecule has 0 amide bonds. The van der Waals surface area contributed by atoms with E-state index in [-0.39, 0.29) is 5.92 Å². The zero-order valence-electron chi connectivity index (χ0n) is 11.7. The lowest BCUT2D eigenvalue weighted by atomic mass is 9.91. The van der Waals surface area contributed by atoms with E-state index < -0.39 is 0 Å². The largest absolute Gasteiger partial charge is 0.330 e. The van der Waals surface area contributed by atoms with Crippen LogP contribution in [0.2, 0.25) is 5.02 Å². The summed E-state index contributed by atoms with van der Waals surface area (Å²) in [7, 11) is 1.93. The number of hydrogen-bond donors (Lipinski definition) is 1. The number of aromatic nitrogens is 2. The van der Waals surface area contributed by atoms with E-state index in [1.807, 2.05) is 24.7 Å². The molecule has 0 saturated carbocycles. The number of benzene rings is 1. The van der Waals surface area contributed by atoms with Gasteiger partial charge in [-0.25, -0.2) is 0 Å². The first-order chi connectivity index (χ1) is 9.04. The van der Waals surface area contributed by atoms with Gasteiger partial charge in [-0.15, -0.1) is 0 Å². The molecular weight excluding hydrogens is 258 g/mol. The van der Waals surface area contributed by atoms with Gasteiger partial charge in [0.1, 0.15) is 0 Å². The number of hydrogen-bond acceptors (Lipinski definition) is 2. The third-order valence-corrected chi connectivity index (χ3v) is 4.11. The van der Waals surface area contributed by atoms with E-state index in [4.69, 9.17) is 17.3 Å². The maximum absolute atomic E-state index is 6.32. The molecule has 0 bridgehead atoms. The molecule has 0 aliphatic rings. The molecule has 0 spiro atoms. The van der Waals surface area contributed by atoms with Gasteiger partial charge in [0, 0.05) is 13.0 Å². The van der Waals surface area contributed by atoms with E-state index in [2.05, 4.69) is 30.2 Å². The van der Waals surface area contributed by atoms with Crippen molar-refractivity contribution in [1.29, 1.82) is 0 Å². The number of aryl methyl sites for hydroxylation is 3. The summed E-state index contributed by atoms with van der Waals surface area (Å²) in [6.07, 6.45) is 0.817. The molecule has 3 nitrogen and oxygen atoms in total. The molecule has 0 fully saturated rings. The summed E-state index contributed by atoms with van der Waals surface area (Å²) in [4.78, 5) is 0. The molecule has 1 atom stereocenters. The minimum Gasteiger partial charge on any atom is -0.330 e. The lowest BCUT2D eigenvalue weighted by Crippen LogP contribution is -2.17. The van der Waals surface area contributed by atoms with E-state index >= 15 is 0 Å². The van der Waals surface area contributed by atoms with E-state index in [0.29, 0.717) is 6.54 Å². The maximum atomic E-state index is 6.32. The van der Waals surface area contributed by atoms with E-state index in [1.54, 1.807) is 0 Å². The van der Waals surface area contributed by atoms with Crippen LogP contribution in [-0.4, -0.2) is 16.3 Å². The lowest BCUT2D eigenvalue weighted by molar-refractivity contribution is 0.627. The Morgan fingerprint density at radius 3 is 2.53 bits per heavy atom. The Labute approximate surface area is 119 Å². The molecule has 0 aliphatic carbocycles. The van der Waals surface area contributed by atoms with Crippen molar-refractivity contribution in [3.05, 3.63) is 51.8 Å². The average molecular weight is 278 g/mol. The molecule has 0 saturated heterocycles. The molecule has 102 valence electrons. The summed E-state index contributed by atoms with van der Waals surface area (Å²) >= 11 is 6.32. The van der Waals surface area contributed by atoms with E-state index in [9.17, 15) is 0 Å². The second-order valence-corrected chi connectivity index (χ2v) is 5.34. The molecule has 2 aromatic rings. The van der Waals surface area contributed by atoms with Gasteiger partial charge in [0.2, 0.25) is 0 Å². The van der Waals surface area contributed by atoms with Gasteiger partial charge in [-0.2, -0.15) is 5.10 Å². The summed E-state index contributed by atoms with van der Waals surface area (Å²) in [5.74, 6) is 0.272. The molecule has 1 unspecified atom stereocenters. The zero-order chi connectivity index (χ0) is 14.0. The van der Waals surface area contributed by atoms with Gasteiger partial charge in [-0.1, -0.05) is 35.9 Å². The van der Waals surface area contributed by atoms with Crippen LogP contribution in [0, 0.1) is 13.8 Å². The Bertz CT molecular complexity index is 575. The van der Waals surface area contributed by atoms with Crippen molar-refractivity contribution in [2.45, 2.75) is 26.2 Å². The smallest absolute Gasteiger partial charge is 0.0847 e. The van der Waals surface area contributed by atoms with Crippen molar-refractivity contribution in [3.63, 3.8) is 0 Å². The van der Waals surface area contributed by atoms with Crippen LogP contribution in [0.1, 0.15) is 28.4 Å². The fraction of sp³-hybridized carbons (Fsp3) is 0.400. The summed E-state index contributed by atoms with van der Waals surface area (Å²) in [6, 6.07) is 8.37. The highest BCUT2D eigenvalue weighted by molar-refractivity contribution is 6.31. The minimum atomic E-state index is 0.272. The van der Waals surface area contributed by atoms with Crippen LogP contribution in [0.4, 0.5) is 0 Å². The first-order valence-corrected chi connectivity index (χ1v) is 6.86. The van der Waals surface area contributed by atoms with Gasteiger partial charge in [-0.3, -0.25) is 4.68 Å². The van der Waals surface area contributed by atoms with Gasteiger partial charge in [0.25, 0.3) is 0 Å². The molecule has 2 N–H and O–H groups in total. The van der Waals surface area contributed by atoms with Gasteiger partial charge in [-0.05, 0) is 37.9 Å². The quantitative estimate of drug-likeness (QED) is 0.934. The van der Waals surface area contributed by atoms with Crippen molar-refractivity contribution in [3.8, 4) is 0 Å². The third-order valence-electron chi connectivity index (χ3n) is 3.61. The van der Waals surface area contributed by atoms with Crippen LogP contribution in [0.15, 0.2) is 24.3 Å². The van der Waals surface area contributed by atoms with Crippen LogP contribution >= 0.6 is 11.6 Å². The highest BCUT2D eigenvalue weighted by Crippen LogP contribution is 2.27. The Morgan fingerprint density at radius 1 is 1.32 bits per heavy atom. The van der Waals surface area contributed by atoms with Crippen LogP contribution in [0.25, 0.3) is 0 Å². The van der Waals surface area contributed by atoms with Crippen LogP contribution in [-0.2, 0) is 13.5 Å². The molecule has 4 heteroatoms. The van der Waals surface area contributed by atoms with Gasteiger partial charge >= 0.3 is 0 Å². The topological polar surface area (TPSA) is 43.8 Å². The highest BCUT2D eigenvalue weighted by Gasteiger charge is 2.18. The van der Waals surface area contributed by atoms with Gasteiger partial charge < -0.3 is 5.73 Å². The highest BCUT2D eigenvalue weighted by atomic mass is 35.5. The molecular formula is C15H20ClN3. The fourth-order valence-electron chi connectivity index (χ4n) is 2.50. The second kappa shape index (κ2) is 5.76. The normalized spacial score (nSPS) is 12.7. The first-order valence-electron chi connectivity index (χ1n) is 6.48. The number of halogens is 1.